The molecule has 0 aliphatic carbocycles. The number of nitrogens with zero attached hydrogens (tertiary/aromatic N) is 1. The van der Waals surface area contributed by atoms with E-state index in [0.29, 0.717) is 6.42 Å². The Morgan fingerprint density at radius 1 is 1.50 bits per heavy atom. The molecule has 0 aromatic rings. The molecule has 0 heterocycles. The van der Waals surface area contributed by atoms with Crippen molar-refractivity contribution in [3.63, 3.8) is 0 Å². The van der Waals surface area contributed by atoms with E-state index in [-0.39, 0.29) is 13.2 Å². The molecule has 0 saturated carbocycles. The Balaban J connectivity index is 4.04. The monoisotopic (exact) mass is 144 g/mol. The van der Waals surface area contributed by atoms with Crippen LogP contribution in [0.15, 0.2) is 0 Å². The molecule has 0 aliphatic heterocycles. The number of aliphatic hydroxyl groups excluding tert-OH is 2. The van der Waals surface area contributed by atoms with Gasteiger partial charge in [0.05, 0.1) is 18.8 Å². The van der Waals surface area contributed by atoms with Crippen LogP contribution in [0.5, 0.6) is 0 Å². The zero-order chi connectivity index (χ0) is 8.04. The molecule has 58 valence electrons. The molecule has 0 unspecified atom stereocenters. The Hall–Kier alpha value is -0.790. The van der Waals surface area contributed by atoms with Crippen molar-refractivity contribution in [2.24, 2.45) is 0 Å². The number of hydrogen-bond acceptors (Lipinski definition) is 4. The number of aliphatic hydroxyl groups is 2. The second kappa shape index (κ2) is 4.09. The Morgan fingerprint density at radius 3 is 2.10 bits per heavy atom. The van der Waals surface area contributed by atoms with Gasteiger partial charge in [-0.15, -0.1) is 0 Å². The van der Waals surface area contributed by atoms with Crippen LogP contribution >= 0.6 is 0 Å². The van der Waals surface area contributed by atoms with Gasteiger partial charge in [0.15, 0.2) is 6.19 Å². The molecule has 0 aromatic heterocycles. The number of rotatable bonds is 4. The fourth-order valence-electron chi connectivity index (χ4n) is 0.560. The van der Waals surface area contributed by atoms with Gasteiger partial charge in [-0.3, -0.25) is 0 Å². The zero-order valence-electron chi connectivity index (χ0n) is 5.96. The van der Waals surface area contributed by atoms with Crippen molar-refractivity contribution in [2.45, 2.75) is 18.9 Å². The maximum Gasteiger partial charge on any atom is 0.177 e. The molecule has 3 N–H and O–H groups in total. The lowest BCUT2D eigenvalue weighted by Crippen LogP contribution is -2.48. The third kappa shape index (κ3) is 1.87. The van der Waals surface area contributed by atoms with Crippen LogP contribution in [0.3, 0.4) is 0 Å². The first-order chi connectivity index (χ1) is 4.74. The second-order valence-corrected chi connectivity index (χ2v) is 2.19. The van der Waals surface area contributed by atoms with Crippen LogP contribution < -0.4 is 5.32 Å². The van der Waals surface area contributed by atoms with Crippen LogP contribution in [-0.4, -0.2) is 29.0 Å². The van der Waals surface area contributed by atoms with E-state index in [9.17, 15) is 0 Å². The fraction of sp³-hybridized carbons (Fsp3) is 0.833. The molecular formula is C6H12N2O2. The topological polar surface area (TPSA) is 76.3 Å². The lowest BCUT2D eigenvalue weighted by molar-refractivity contribution is 0.100. The van der Waals surface area contributed by atoms with Crippen LogP contribution in [0, 0.1) is 11.5 Å². The molecule has 0 radical (unpaired) electrons. The molecule has 0 saturated heterocycles. The van der Waals surface area contributed by atoms with Crippen LogP contribution in [0.25, 0.3) is 0 Å². The summed E-state index contributed by atoms with van der Waals surface area (Å²) < 4.78 is 0. The predicted octanol–water partition coefficient (Wildman–Crippen LogP) is -0.810. The average Bonchev–Trinajstić information content (AvgIpc) is 2.01. The molecule has 10 heavy (non-hydrogen) atoms. The fourth-order valence-corrected chi connectivity index (χ4v) is 0.560. The maximum atomic E-state index is 8.73. The van der Waals surface area contributed by atoms with Crippen molar-refractivity contribution in [3.8, 4) is 6.19 Å². The number of hydrogen-bond donors (Lipinski definition) is 3. The van der Waals surface area contributed by atoms with Gasteiger partial charge in [0.2, 0.25) is 0 Å². The summed E-state index contributed by atoms with van der Waals surface area (Å²) in [6, 6.07) is 0. The summed E-state index contributed by atoms with van der Waals surface area (Å²) in [5, 5.41) is 28.0. The van der Waals surface area contributed by atoms with Gasteiger partial charge < -0.3 is 15.5 Å². The zero-order valence-corrected chi connectivity index (χ0v) is 5.96. The average molecular weight is 144 g/mol. The summed E-state index contributed by atoms with van der Waals surface area (Å²) in [7, 11) is 0. The highest BCUT2D eigenvalue weighted by molar-refractivity contribution is 4.91. The number of nitrogens with one attached hydrogen (secondary N) is 1. The Kier molecular flexibility index (Phi) is 3.77. The maximum absolute atomic E-state index is 8.73. The largest absolute Gasteiger partial charge is 0.394 e. The van der Waals surface area contributed by atoms with E-state index in [4.69, 9.17) is 15.5 Å². The van der Waals surface area contributed by atoms with Gasteiger partial charge >= 0.3 is 0 Å². The molecule has 0 spiro atoms. The van der Waals surface area contributed by atoms with Gasteiger partial charge in [0, 0.05) is 0 Å². The number of nitriles is 1. The lowest BCUT2D eigenvalue weighted by Gasteiger charge is -2.25. The van der Waals surface area contributed by atoms with Crippen LogP contribution in [0.4, 0.5) is 0 Å². The first-order valence-electron chi connectivity index (χ1n) is 3.12. The molecule has 0 fully saturated rings. The minimum absolute atomic E-state index is 0.229. The van der Waals surface area contributed by atoms with Crippen molar-refractivity contribution < 1.29 is 10.2 Å². The summed E-state index contributed by atoms with van der Waals surface area (Å²) in [5.41, 5.74) is -0.825. The summed E-state index contributed by atoms with van der Waals surface area (Å²) in [5.74, 6) is 0. The Labute approximate surface area is 60.1 Å². The summed E-state index contributed by atoms with van der Waals surface area (Å²) in [6.45, 7) is 1.33. The van der Waals surface area contributed by atoms with Gasteiger partial charge in [-0.25, -0.2) is 0 Å². The summed E-state index contributed by atoms with van der Waals surface area (Å²) in [6.07, 6.45) is 2.21. The SMILES string of the molecule is CCC(CO)(CO)NC#N. The van der Waals surface area contributed by atoms with Gasteiger partial charge in [-0.1, -0.05) is 6.92 Å². The first kappa shape index (κ1) is 9.21. The van der Waals surface area contributed by atoms with Crippen molar-refractivity contribution in [1.82, 2.24) is 5.32 Å². The van der Waals surface area contributed by atoms with E-state index < -0.39 is 5.54 Å². The summed E-state index contributed by atoms with van der Waals surface area (Å²) in [4.78, 5) is 0. The highest BCUT2D eigenvalue weighted by Crippen LogP contribution is 2.06. The molecule has 4 nitrogen and oxygen atoms in total. The van der Waals surface area contributed by atoms with E-state index in [1.165, 1.54) is 0 Å². The third-order valence-electron chi connectivity index (χ3n) is 1.60. The van der Waals surface area contributed by atoms with Crippen molar-refractivity contribution in [1.29, 1.82) is 5.26 Å². The van der Waals surface area contributed by atoms with Crippen LogP contribution in [-0.2, 0) is 0 Å². The molecule has 0 aromatic carbocycles. The van der Waals surface area contributed by atoms with Gasteiger partial charge in [0.1, 0.15) is 0 Å². The summed E-state index contributed by atoms with van der Waals surface area (Å²) >= 11 is 0. The van der Waals surface area contributed by atoms with E-state index in [2.05, 4.69) is 5.32 Å². The van der Waals surface area contributed by atoms with E-state index >= 15 is 0 Å². The molecule has 0 bridgehead atoms. The Morgan fingerprint density at radius 2 is 2.00 bits per heavy atom. The van der Waals surface area contributed by atoms with E-state index in [1.54, 1.807) is 13.1 Å². The van der Waals surface area contributed by atoms with Crippen molar-refractivity contribution in [2.75, 3.05) is 13.2 Å². The second-order valence-electron chi connectivity index (χ2n) is 2.19. The lowest BCUT2D eigenvalue weighted by atomic mass is 9.99. The minimum atomic E-state index is -0.825. The Bertz CT molecular complexity index is 118. The highest BCUT2D eigenvalue weighted by atomic mass is 16.3. The predicted molar refractivity (Wildman–Crippen MR) is 35.9 cm³/mol. The van der Waals surface area contributed by atoms with Crippen LogP contribution in [0.1, 0.15) is 13.3 Å². The van der Waals surface area contributed by atoms with Crippen molar-refractivity contribution >= 4 is 0 Å². The van der Waals surface area contributed by atoms with Gasteiger partial charge in [0.25, 0.3) is 0 Å². The van der Waals surface area contributed by atoms with Crippen LogP contribution in [0.2, 0.25) is 0 Å². The first-order valence-corrected chi connectivity index (χ1v) is 3.12. The molecule has 0 amide bonds. The standard InChI is InChI=1S/C6H12N2O2/c1-2-6(3-9,4-10)8-5-7/h8-10H,2-4H2,1H3. The van der Waals surface area contributed by atoms with E-state index in [1.807, 2.05) is 0 Å². The van der Waals surface area contributed by atoms with Gasteiger partial charge in [-0.05, 0) is 6.42 Å². The quantitative estimate of drug-likeness (QED) is 0.356. The highest BCUT2D eigenvalue weighted by Gasteiger charge is 2.25. The smallest absolute Gasteiger partial charge is 0.177 e. The van der Waals surface area contributed by atoms with Crippen molar-refractivity contribution in [3.05, 3.63) is 0 Å². The molecule has 0 atom stereocenters. The van der Waals surface area contributed by atoms with E-state index in [0.717, 1.165) is 0 Å². The normalized spacial score (nSPS) is 10.6. The molecular weight excluding hydrogens is 132 g/mol. The van der Waals surface area contributed by atoms with Gasteiger partial charge in [-0.2, -0.15) is 5.26 Å². The third-order valence-corrected chi connectivity index (χ3v) is 1.60. The molecule has 4 heteroatoms. The molecule has 0 aliphatic rings. The molecule has 0 rings (SSSR count). The minimum Gasteiger partial charge on any atom is -0.394 e.